The van der Waals surface area contributed by atoms with Crippen LogP contribution < -0.4 is 14.8 Å². The predicted octanol–water partition coefficient (Wildman–Crippen LogP) is 3.02. The number of benzene rings is 1. The van der Waals surface area contributed by atoms with Crippen molar-refractivity contribution in [1.29, 1.82) is 0 Å². The number of hydrogen-bond acceptors (Lipinski definition) is 3. The molecule has 0 saturated carbocycles. The van der Waals surface area contributed by atoms with Crippen molar-refractivity contribution in [3.63, 3.8) is 0 Å². The first-order chi connectivity index (χ1) is 8.63. The van der Waals surface area contributed by atoms with E-state index in [2.05, 4.69) is 19.2 Å². The highest BCUT2D eigenvalue weighted by Crippen LogP contribution is 2.27. The van der Waals surface area contributed by atoms with Gasteiger partial charge in [-0.1, -0.05) is 19.9 Å². The smallest absolute Gasteiger partial charge is 0.161 e. The monoisotopic (exact) mass is 251 g/mol. The molecule has 1 aromatic rings. The van der Waals surface area contributed by atoms with Gasteiger partial charge in [-0.05, 0) is 43.5 Å². The summed E-state index contributed by atoms with van der Waals surface area (Å²) in [6.45, 7) is 9.08. The van der Waals surface area contributed by atoms with Crippen molar-refractivity contribution >= 4 is 0 Å². The lowest BCUT2D eigenvalue weighted by Gasteiger charge is -2.12. The Morgan fingerprint density at radius 1 is 1.17 bits per heavy atom. The first kappa shape index (κ1) is 14.8. The van der Waals surface area contributed by atoms with Gasteiger partial charge in [0, 0.05) is 6.54 Å². The number of nitrogens with one attached hydrogen (secondary N) is 1. The van der Waals surface area contributed by atoms with Crippen molar-refractivity contribution in [3.8, 4) is 11.5 Å². The molecular weight excluding hydrogens is 226 g/mol. The Balaban J connectivity index is 2.27. The summed E-state index contributed by atoms with van der Waals surface area (Å²) in [6, 6.07) is 5.98. The van der Waals surface area contributed by atoms with Crippen molar-refractivity contribution in [1.82, 2.24) is 5.32 Å². The molecule has 0 aromatic heterocycles. The first-order valence-electron chi connectivity index (χ1n) is 6.61. The van der Waals surface area contributed by atoms with Crippen molar-refractivity contribution in [2.45, 2.75) is 27.2 Å². The highest BCUT2D eigenvalue weighted by Gasteiger charge is 2.03. The van der Waals surface area contributed by atoms with Crippen LogP contribution in [-0.2, 0) is 0 Å². The van der Waals surface area contributed by atoms with Crippen molar-refractivity contribution in [2.24, 2.45) is 5.92 Å². The summed E-state index contributed by atoms with van der Waals surface area (Å²) in [5.74, 6) is 2.36. The van der Waals surface area contributed by atoms with Crippen LogP contribution in [0.5, 0.6) is 11.5 Å². The summed E-state index contributed by atoms with van der Waals surface area (Å²) in [4.78, 5) is 0. The van der Waals surface area contributed by atoms with Gasteiger partial charge in [-0.3, -0.25) is 0 Å². The molecular formula is C15H25NO2. The van der Waals surface area contributed by atoms with Gasteiger partial charge in [-0.2, -0.15) is 0 Å². The van der Waals surface area contributed by atoms with Crippen LogP contribution in [0.25, 0.3) is 0 Å². The Labute approximate surface area is 110 Å². The van der Waals surface area contributed by atoms with Crippen LogP contribution in [0.1, 0.15) is 25.8 Å². The number of hydrogen-bond donors (Lipinski definition) is 1. The van der Waals surface area contributed by atoms with E-state index < -0.39 is 0 Å². The molecule has 0 aliphatic carbocycles. The Kier molecular flexibility index (Phi) is 6.58. The van der Waals surface area contributed by atoms with Crippen molar-refractivity contribution in [2.75, 3.05) is 26.8 Å². The quantitative estimate of drug-likeness (QED) is 0.720. The summed E-state index contributed by atoms with van der Waals surface area (Å²) in [5.41, 5.74) is 1.18. The molecule has 0 radical (unpaired) electrons. The fourth-order valence-corrected chi connectivity index (χ4v) is 1.64. The summed E-state index contributed by atoms with van der Waals surface area (Å²) in [5, 5.41) is 3.37. The molecule has 0 aliphatic heterocycles. The molecule has 0 saturated heterocycles. The van der Waals surface area contributed by atoms with Gasteiger partial charge in [0.25, 0.3) is 0 Å². The van der Waals surface area contributed by atoms with Crippen LogP contribution in [0, 0.1) is 12.8 Å². The van der Waals surface area contributed by atoms with Crippen molar-refractivity contribution < 1.29 is 9.47 Å². The third-order valence-corrected chi connectivity index (χ3v) is 2.75. The molecule has 1 aromatic carbocycles. The fraction of sp³-hybridized carbons (Fsp3) is 0.600. The minimum atomic E-state index is 0.664. The molecule has 0 atom stereocenters. The molecule has 0 heterocycles. The summed E-state index contributed by atoms with van der Waals surface area (Å²) in [6.07, 6.45) is 1.20. The molecule has 0 aliphatic rings. The van der Waals surface area contributed by atoms with E-state index in [-0.39, 0.29) is 0 Å². The van der Waals surface area contributed by atoms with Gasteiger partial charge in [0.15, 0.2) is 11.5 Å². The molecule has 1 rings (SSSR count). The zero-order valence-electron chi connectivity index (χ0n) is 12.0. The van der Waals surface area contributed by atoms with E-state index in [1.54, 1.807) is 7.11 Å². The second kappa shape index (κ2) is 7.98. The minimum absolute atomic E-state index is 0.664. The van der Waals surface area contributed by atoms with E-state index >= 15 is 0 Å². The Morgan fingerprint density at radius 3 is 2.61 bits per heavy atom. The van der Waals surface area contributed by atoms with Gasteiger partial charge in [-0.15, -0.1) is 0 Å². The Bertz CT molecular complexity index is 350. The third kappa shape index (κ3) is 5.41. The van der Waals surface area contributed by atoms with Crippen LogP contribution >= 0.6 is 0 Å². The average molecular weight is 251 g/mol. The molecule has 0 fully saturated rings. The van der Waals surface area contributed by atoms with Crippen LogP contribution in [0.15, 0.2) is 18.2 Å². The Morgan fingerprint density at radius 2 is 1.94 bits per heavy atom. The highest BCUT2D eigenvalue weighted by molar-refractivity contribution is 5.42. The lowest BCUT2D eigenvalue weighted by Crippen LogP contribution is -2.23. The number of rotatable bonds is 8. The molecule has 0 amide bonds. The molecule has 3 heteroatoms. The normalized spacial score (nSPS) is 10.7. The first-order valence-corrected chi connectivity index (χ1v) is 6.61. The van der Waals surface area contributed by atoms with Gasteiger partial charge in [0.2, 0.25) is 0 Å². The summed E-state index contributed by atoms with van der Waals surface area (Å²) < 4.78 is 11.0. The zero-order valence-corrected chi connectivity index (χ0v) is 12.0. The van der Waals surface area contributed by atoms with Crippen LogP contribution in [-0.4, -0.2) is 26.8 Å². The molecule has 0 unspecified atom stereocenters. The van der Waals surface area contributed by atoms with E-state index in [1.807, 2.05) is 25.1 Å². The van der Waals surface area contributed by atoms with Gasteiger partial charge in [0.1, 0.15) is 6.61 Å². The fourth-order valence-electron chi connectivity index (χ4n) is 1.64. The van der Waals surface area contributed by atoms with E-state index in [0.29, 0.717) is 6.61 Å². The predicted molar refractivity (Wildman–Crippen MR) is 75.6 cm³/mol. The van der Waals surface area contributed by atoms with Gasteiger partial charge in [0.05, 0.1) is 7.11 Å². The van der Waals surface area contributed by atoms with Gasteiger partial charge >= 0.3 is 0 Å². The SMILES string of the molecule is COc1cc(C)ccc1OCCNCCC(C)C. The summed E-state index contributed by atoms with van der Waals surface area (Å²) >= 11 is 0. The minimum Gasteiger partial charge on any atom is -0.493 e. The van der Waals surface area contributed by atoms with E-state index in [0.717, 1.165) is 30.5 Å². The lowest BCUT2D eigenvalue weighted by atomic mass is 10.1. The highest BCUT2D eigenvalue weighted by atomic mass is 16.5. The molecule has 0 spiro atoms. The standard InChI is InChI=1S/C15H25NO2/c1-12(2)7-8-16-9-10-18-14-6-5-13(3)11-15(14)17-4/h5-6,11-12,16H,7-10H2,1-4H3. The maximum absolute atomic E-state index is 5.70. The largest absolute Gasteiger partial charge is 0.493 e. The Hall–Kier alpha value is -1.22. The molecule has 3 nitrogen and oxygen atoms in total. The van der Waals surface area contributed by atoms with Gasteiger partial charge < -0.3 is 14.8 Å². The van der Waals surface area contributed by atoms with E-state index in [9.17, 15) is 0 Å². The lowest BCUT2D eigenvalue weighted by molar-refractivity contribution is 0.291. The van der Waals surface area contributed by atoms with Crippen LogP contribution in [0.2, 0.25) is 0 Å². The maximum atomic E-state index is 5.70. The zero-order chi connectivity index (χ0) is 13.4. The maximum Gasteiger partial charge on any atom is 0.161 e. The topological polar surface area (TPSA) is 30.5 Å². The van der Waals surface area contributed by atoms with E-state index in [4.69, 9.17) is 9.47 Å². The average Bonchev–Trinajstić information content (AvgIpc) is 2.34. The number of methoxy groups -OCH3 is 1. The molecule has 18 heavy (non-hydrogen) atoms. The third-order valence-electron chi connectivity index (χ3n) is 2.75. The molecule has 0 bridgehead atoms. The second-order valence-electron chi connectivity index (χ2n) is 4.94. The van der Waals surface area contributed by atoms with Crippen LogP contribution in [0.3, 0.4) is 0 Å². The molecule has 102 valence electrons. The second-order valence-corrected chi connectivity index (χ2v) is 4.94. The van der Waals surface area contributed by atoms with Crippen molar-refractivity contribution in [3.05, 3.63) is 23.8 Å². The van der Waals surface area contributed by atoms with E-state index in [1.165, 1.54) is 12.0 Å². The summed E-state index contributed by atoms with van der Waals surface area (Å²) in [7, 11) is 1.67. The van der Waals surface area contributed by atoms with Gasteiger partial charge in [-0.25, -0.2) is 0 Å². The number of aryl methyl sites for hydroxylation is 1. The van der Waals surface area contributed by atoms with Crippen LogP contribution in [0.4, 0.5) is 0 Å². The number of ether oxygens (including phenoxy) is 2. The molecule has 1 N–H and O–H groups in total.